The molecule has 0 bridgehead atoms. The Morgan fingerprint density at radius 2 is 1.91 bits per heavy atom. The number of benzene rings is 1. The highest BCUT2D eigenvalue weighted by atomic mass is 16.5. The molecule has 0 radical (unpaired) electrons. The van der Waals surface area contributed by atoms with Crippen molar-refractivity contribution in [1.29, 1.82) is 0 Å². The van der Waals surface area contributed by atoms with Crippen molar-refractivity contribution in [3.8, 4) is 11.5 Å². The molecule has 3 fully saturated rings. The molecule has 5 nitrogen and oxygen atoms in total. The SMILES string of the molecule is COc1cc2c(cc1O)CC[C@H]1[C@@H]3[C@@H](CCCC(=O)N4CCCCC4)CC(=O)[C@H]3CC[C@H]21. The van der Waals surface area contributed by atoms with Gasteiger partial charge < -0.3 is 14.7 Å². The predicted octanol–water partition coefficient (Wildman–Crippen LogP) is 4.84. The Balaban J connectivity index is 1.28. The van der Waals surface area contributed by atoms with E-state index >= 15 is 0 Å². The number of amides is 1. The number of ketones is 1. The largest absolute Gasteiger partial charge is 0.504 e. The monoisotopic (exact) mass is 439 g/mol. The molecule has 5 heteroatoms. The predicted molar refractivity (Wildman–Crippen MR) is 123 cm³/mol. The maximum atomic E-state index is 12.9. The van der Waals surface area contributed by atoms with E-state index < -0.39 is 0 Å². The maximum absolute atomic E-state index is 12.9. The highest BCUT2D eigenvalue weighted by molar-refractivity contribution is 5.84. The van der Waals surface area contributed by atoms with Crippen molar-refractivity contribution in [1.82, 2.24) is 4.90 Å². The van der Waals surface area contributed by atoms with Gasteiger partial charge in [-0.25, -0.2) is 0 Å². The molecule has 0 aromatic heterocycles. The zero-order valence-electron chi connectivity index (χ0n) is 19.4. The van der Waals surface area contributed by atoms with Crippen LogP contribution >= 0.6 is 0 Å². The van der Waals surface area contributed by atoms with Crippen LogP contribution in [-0.4, -0.2) is 41.9 Å². The number of hydrogen-bond acceptors (Lipinski definition) is 4. The van der Waals surface area contributed by atoms with Crippen LogP contribution in [0.3, 0.4) is 0 Å². The van der Waals surface area contributed by atoms with Gasteiger partial charge in [-0.2, -0.15) is 0 Å². The fourth-order valence-electron chi connectivity index (χ4n) is 7.50. The standard InChI is InChI=1S/C27H37NO4/c1-32-25-16-22-17(14-24(25)30)8-9-20-19(22)10-11-21-23(29)15-18(27(20)21)6-5-7-26(31)28-12-3-2-4-13-28/h14,16,18-21,27,30H,2-13,15H2,1H3/t18-,19-,20+,21+,27-/m0/s1. The van der Waals surface area contributed by atoms with E-state index in [0.29, 0.717) is 54.0 Å². The van der Waals surface area contributed by atoms with Crippen LogP contribution in [0.25, 0.3) is 0 Å². The summed E-state index contributed by atoms with van der Waals surface area (Å²) >= 11 is 0. The van der Waals surface area contributed by atoms with Crippen molar-refractivity contribution >= 4 is 11.7 Å². The second-order valence-electron chi connectivity index (χ2n) is 10.6. The van der Waals surface area contributed by atoms with Gasteiger partial charge in [0, 0.05) is 31.8 Å². The minimum atomic E-state index is 0.222. The summed E-state index contributed by atoms with van der Waals surface area (Å²) in [5.41, 5.74) is 2.57. The van der Waals surface area contributed by atoms with E-state index in [1.54, 1.807) is 7.11 Å². The topological polar surface area (TPSA) is 66.8 Å². The van der Waals surface area contributed by atoms with Crippen molar-refractivity contribution < 1.29 is 19.4 Å². The Hall–Kier alpha value is -2.04. The van der Waals surface area contributed by atoms with Crippen LogP contribution in [0.2, 0.25) is 0 Å². The molecular weight excluding hydrogens is 402 g/mol. The van der Waals surface area contributed by atoms with Gasteiger partial charge in [0.15, 0.2) is 11.5 Å². The number of carbonyl (C=O) groups is 2. The first-order chi connectivity index (χ1) is 15.6. The number of piperidine rings is 1. The lowest BCUT2D eigenvalue weighted by atomic mass is 9.59. The van der Waals surface area contributed by atoms with E-state index in [9.17, 15) is 14.7 Å². The van der Waals surface area contributed by atoms with Crippen molar-refractivity contribution in [3.05, 3.63) is 23.3 Å². The molecule has 174 valence electrons. The summed E-state index contributed by atoms with van der Waals surface area (Å²) in [6.45, 7) is 1.85. The molecular formula is C27H37NO4. The van der Waals surface area contributed by atoms with Gasteiger partial charge in [0.1, 0.15) is 5.78 Å². The lowest BCUT2D eigenvalue weighted by Gasteiger charge is -2.45. The lowest BCUT2D eigenvalue weighted by Crippen LogP contribution is -2.38. The Bertz CT molecular complexity index is 875. The third-order valence-electron chi connectivity index (χ3n) is 8.95. The molecule has 1 amide bonds. The third kappa shape index (κ3) is 3.92. The summed E-state index contributed by atoms with van der Waals surface area (Å²) < 4.78 is 5.40. The smallest absolute Gasteiger partial charge is 0.222 e. The number of ether oxygens (including phenoxy) is 1. The molecule has 1 aliphatic heterocycles. The fourth-order valence-corrected chi connectivity index (χ4v) is 7.50. The summed E-state index contributed by atoms with van der Waals surface area (Å²) in [6, 6.07) is 3.94. The number of hydrogen-bond donors (Lipinski definition) is 1. The van der Waals surface area contributed by atoms with Crippen LogP contribution in [0.4, 0.5) is 0 Å². The number of aryl methyl sites for hydroxylation is 1. The van der Waals surface area contributed by atoms with E-state index in [0.717, 1.165) is 64.5 Å². The molecule has 1 heterocycles. The van der Waals surface area contributed by atoms with E-state index in [4.69, 9.17) is 4.74 Å². The Morgan fingerprint density at radius 1 is 1.12 bits per heavy atom. The number of carbonyl (C=O) groups excluding carboxylic acids is 2. The second kappa shape index (κ2) is 9.07. The fraction of sp³-hybridized carbons (Fsp3) is 0.704. The van der Waals surface area contributed by atoms with Gasteiger partial charge in [0.05, 0.1) is 7.11 Å². The second-order valence-corrected chi connectivity index (χ2v) is 10.6. The highest BCUT2D eigenvalue weighted by Crippen LogP contribution is 2.57. The Kier molecular flexibility index (Phi) is 6.18. The summed E-state index contributed by atoms with van der Waals surface area (Å²) in [7, 11) is 1.61. The molecule has 1 saturated heterocycles. The van der Waals surface area contributed by atoms with Gasteiger partial charge in [-0.3, -0.25) is 9.59 Å². The molecule has 1 N–H and O–H groups in total. The highest BCUT2D eigenvalue weighted by Gasteiger charge is 2.51. The van der Waals surface area contributed by atoms with Crippen LogP contribution in [0.1, 0.15) is 81.3 Å². The van der Waals surface area contributed by atoms with Crippen molar-refractivity contribution in [3.63, 3.8) is 0 Å². The van der Waals surface area contributed by atoms with Crippen molar-refractivity contribution in [2.45, 2.75) is 76.5 Å². The number of rotatable bonds is 5. The number of phenols is 1. The minimum absolute atomic E-state index is 0.222. The Morgan fingerprint density at radius 3 is 2.69 bits per heavy atom. The van der Waals surface area contributed by atoms with Crippen LogP contribution in [0.5, 0.6) is 11.5 Å². The summed E-state index contributed by atoms with van der Waals surface area (Å²) in [5, 5.41) is 10.2. The minimum Gasteiger partial charge on any atom is -0.504 e. The van der Waals surface area contributed by atoms with Crippen molar-refractivity contribution in [2.75, 3.05) is 20.2 Å². The number of methoxy groups -OCH3 is 1. The molecule has 2 saturated carbocycles. The summed E-state index contributed by atoms with van der Waals surface area (Å²) in [6.07, 6.45) is 10.9. The van der Waals surface area contributed by atoms with Crippen LogP contribution in [-0.2, 0) is 16.0 Å². The first-order valence-electron chi connectivity index (χ1n) is 12.8. The van der Waals surface area contributed by atoms with E-state index in [1.165, 1.54) is 17.5 Å². The number of fused-ring (bicyclic) bond motifs is 5. The van der Waals surface area contributed by atoms with E-state index in [2.05, 4.69) is 0 Å². The zero-order valence-corrected chi connectivity index (χ0v) is 19.4. The van der Waals surface area contributed by atoms with Gasteiger partial charge in [-0.15, -0.1) is 0 Å². The number of Topliss-reactive ketones (excluding diaryl/α,β-unsaturated/α-hetero) is 1. The Labute approximate surface area is 191 Å². The van der Waals surface area contributed by atoms with Gasteiger partial charge >= 0.3 is 0 Å². The zero-order chi connectivity index (χ0) is 22.2. The van der Waals surface area contributed by atoms with E-state index in [1.807, 2.05) is 17.0 Å². The number of aromatic hydroxyl groups is 1. The average Bonchev–Trinajstić information content (AvgIpc) is 3.14. The average molecular weight is 440 g/mol. The quantitative estimate of drug-likeness (QED) is 0.713. The first kappa shape index (κ1) is 21.8. The van der Waals surface area contributed by atoms with Crippen molar-refractivity contribution in [2.24, 2.45) is 23.7 Å². The van der Waals surface area contributed by atoms with Gasteiger partial charge in [0.25, 0.3) is 0 Å². The van der Waals surface area contributed by atoms with Gasteiger partial charge in [-0.05, 0) is 105 Å². The van der Waals surface area contributed by atoms with Crippen LogP contribution in [0.15, 0.2) is 12.1 Å². The molecule has 0 spiro atoms. The van der Waals surface area contributed by atoms with Gasteiger partial charge in [-0.1, -0.05) is 0 Å². The molecule has 1 aromatic carbocycles. The number of likely N-dealkylation sites (tertiary alicyclic amines) is 1. The first-order valence-corrected chi connectivity index (χ1v) is 12.8. The number of phenolic OH excluding ortho intramolecular Hbond substituents is 1. The summed E-state index contributed by atoms with van der Waals surface area (Å²) in [5.74, 6) is 3.66. The lowest BCUT2D eigenvalue weighted by molar-refractivity contribution is -0.132. The van der Waals surface area contributed by atoms with E-state index in [-0.39, 0.29) is 11.7 Å². The molecule has 4 aliphatic rings. The normalized spacial score (nSPS) is 31.6. The maximum Gasteiger partial charge on any atom is 0.222 e. The van der Waals surface area contributed by atoms with Crippen LogP contribution < -0.4 is 4.74 Å². The van der Waals surface area contributed by atoms with Crippen LogP contribution in [0, 0.1) is 23.7 Å². The molecule has 5 atom stereocenters. The molecule has 1 aromatic rings. The molecule has 5 rings (SSSR count). The number of nitrogens with zero attached hydrogens (tertiary/aromatic N) is 1. The third-order valence-corrected chi connectivity index (χ3v) is 8.95. The molecule has 0 unspecified atom stereocenters. The molecule has 32 heavy (non-hydrogen) atoms. The van der Waals surface area contributed by atoms with Gasteiger partial charge in [0.2, 0.25) is 5.91 Å². The molecule has 3 aliphatic carbocycles. The summed E-state index contributed by atoms with van der Waals surface area (Å²) in [4.78, 5) is 27.5.